The summed E-state index contributed by atoms with van der Waals surface area (Å²) in [5, 5.41) is 2.76. The lowest BCUT2D eigenvalue weighted by Crippen LogP contribution is -2.34. The van der Waals surface area contributed by atoms with E-state index >= 15 is 0 Å². The van der Waals surface area contributed by atoms with E-state index in [1.54, 1.807) is 0 Å². The third-order valence-corrected chi connectivity index (χ3v) is 7.57. The third kappa shape index (κ3) is 6.67. The molecule has 1 aliphatic heterocycles. The summed E-state index contributed by atoms with van der Waals surface area (Å²) in [5.41, 5.74) is 1.86. The van der Waals surface area contributed by atoms with Gasteiger partial charge in [-0.15, -0.1) is 23.5 Å². The molecule has 1 N–H and O–H groups in total. The number of thioether (sulfide) groups is 2. The molecule has 1 fully saturated rings. The van der Waals surface area contributed by atoms with Gasteiger partial charge < -0.3 is 14.8 Å². The lowest BCUT2D eigenvalue weighted by Gasteiger charge is -2.21. The van der Waals surface area contributed by atoms with Gasteiger partial charge in [0.25, 0.3) is 5.91 Å². The fraction of sp³-hybridized carbons (Fsp3) is 0.364. The molecular formula is C22H24FNO4S2. The maximum absolute atomic E-state index is 13.2. The normalized spacial score (nSPS) is 15.3. The van der Waals surface area contributed by atoms with Crippen LogP contribution in [-0.2, 0) is 14.3 Å². The van der Waals surface area contributed by atoms with Gasteiger partial charge in [0.2, 0.25) is 0 Å². The second-order valence-corrected chi connectivity index (χ2v) is 9.46. The first-order valence-corrected chi connectivity index (χ1v) is 11.7. The van der Waals surface area contributed by atoms with Crippen molar-refractivity contribution in [2.24, 2.45) is 0 Å². The van der Waals surface area contributed by atoms with Crippen LogP contribution in [0, 0.1) is 5.82 Å². The number of methoxy groups -OCH3 is 1. The van der Waals surface area contributed by atoms with E-state index in [0.717, 1.165) is 0 Å². The molecule has 0 bridgehead atoms. The number of amides is 1. The molecule has 1 unspecified atom stereocenters. The van der Waals surface area contributed by atoms with Gasteiger partial charge >= 0.3 is 5.97 Å². The Hall–Kier alpha value is -2.19. The molecule has 0 aromatic heterocycles. The Labute approximate surface area is 184 Å². The first-order chi connectivity index (χ1) is 14.5. The van der Waals surface area contributed by atoms with Crippen LogP contribution in [0.1, 0.15) is 34.6 Å². The Morgan fingerprint density at radius 1 is 1.10 bits per heavy atom. The van der Waals surface area contributed by atoms with Gasteiger partial charge in [-0.1, -0.05) is 24.3 Å². The van der Waals surface area contributed by atoms with E-state index in [-0.39, 0.29) is 18.9 Å². The van der Waals surface area contributed by atoms with Gasteiger partial charge in [-0.05, 0) is 53.3 Å². The van der Waals surface area contributed by atoms with Crippen LogP contribution in [0.25, 0.3) is 0 Å². The summed E-state index contributed by atoms with van der Waals surface area (Å²) in [6.07, 6.45) is 1.19. The van der Waals surface area contributed by atoms with E-state index in [9.17, 15) is 14.0 Å². The van der Waals surface area contributed by atoms with Crippen molar-refractivity contribution in [3.05, 3.63) is 65.5 Å². The van der Waals surface area contributed by atoms with Gasteiger partial charge in [0, 0.05) is 0 Å². The number of esters is 1. The number of benzene rings is 2. The number of hydrogen-bond acceptors (Lipinski definition) is 6. The summed E-state index contributed by atoms with van der Waals surface area (Å²) in [5.74, 6) is 1.72. The lowest BCUT2D eigenvalue weighted by atomic mass is 10.0. The second kappa shape index (κ2) is 11.3. The van der Waals surface area contributed by atoms with Gasteiger partial charge in [-0.25, -0.2) is 4.39 Å². The first kappa shape index (κ1) is 22.5. The lowest BCUT2D eigenvalue weighted by molar-refractivity contribution is -0.141. The molecule has 160 valence electrons. The Kier molecular flexibility index (Phi) is 8.45. The van der Waals surface area contributed by atoms with Crippen molar-refractivity contribution in [3.63, 3.8) is 0 Å². The summed E-state index contributed by atoms with van der Waals surface area (Å²) in [6, 6.07) is 12.8. The quantitative estimate of drug-likeness (QED) is 0.599. The molecule has 30 heavy (non-hydrogen) atoms. The summed E-state index contributed by atoms with van der Waals surface area (Å²) in [7, 11) is 1.28. The smallest absolute Gasteiger partial charge is 0.307 e. The van der Waals surface area contributed by atoms with Crippen molar-refractivity contribution < 1.29 is 23.5 Å². The van der Waals surface area contributed by atoms with Crippen LogP contribution in [0.5, 0.6) is 5.75 Å². The standard InChI is InChI=1S/C22H24FNO4S2/c1-27-21(26)13-19(15-3-7-17(23)8-4-15)24-20(25)14-28-18-9-5-16(6-10-18)22-29-11-2-12-30-22/h3-10,19,22H,2,11-14H2,1H3,(H,24,25). The summed E-state index contributed by atoms with van der Waals surface area (Å²) >= 11 is 3.90. The minimum atomic E-state index is -0.628. The molecule has 1 amide bonds. The van der Waals surface area contributed by atoms with Crippen LogP contribution in [0.4, 0.5) is 4.39 Å². The van der Waals surface area contributed by atoms with Crippen molar-refractivity contribution >= 4 is 35.4 Å². The fourth-order valence-corrected chi connectivity index (χ4v) is 5.88. The Morgan fingerprint density at radius 2 is 1.77 bits per heavy atom. The highest BCUT2D eigenvalue weighted by Gasteiger charge is 2.20. The van der Waals surface area contributed by atoms with Gasteiger partial charge in [-0.3, -0.25) is 9.59 Å². The van der Waals surface area contributed by atoms with E-state index in [1.807, 2.05) is 47.8 Å². The minimum absolute atomic E-state index is 0.0563. The van der Waals surface area contributed by atoms with Crippen molar-refractivity contribution in [1.82, 2.24) is 5.32 Å². The molecule has 0 spiro atoms. The monoisotopic (exact) mass is 449 g/mol. The van der Waals surface area contributed by atoms with Gasteiger partial charge in [-0.2, -0.15) is 0 Å². The molecule has 5 nitrogen and oxygen atoms in total. The highest BCUT2D eigenvalue weighted by atomic mass is 32.2. The molecule has 1 aliphatic rings. The molecule has 3 rings (SSSR count). The van der Waals surface area contributed by atoms with Gasteiger partial charge in [0.15, 0.2) is 6.61 Å². The predicted molar refractivity (Wildman–Crippen MR) is 118 cm³/mol. The van der Waals surface area contributed by atoms with E-state index in [2.05, 4.69) is 5.32 Å². The number of carbonyl (C=O) groups excluding carboxylic acids is 2. The SMILES string of the molecule is COC(=O)CC(NC(=O)COc1ccc(C2SCCCS2)cc1)c1ccc(F)cc1. The molecule has 2 aromatic carbocycles. The molecule has 2 aromatic rings. The number of halogens is 1. The van der Waals surface area contributed by atoms with Crippen LogP contribution < -0.4 is 10.1 Å². The van der Waals surface area contributed by atoms with E-state index in [0.29, 0.717) is 15.9 Å². The van der Waals surface area contributed by atoms with Gasteiger partial charge in [0.1, 0.15) is 11.6 Å². The third-order valence-electron chi connectivity index (χ3n) is 4.56. The van der Waals surface area contributed by atoms with Crippen molar-refractivity contribution in [2.45, 2.75) is 23.5 Å². The average molecular weight is 450 g/mol. The molecule has 8 heteroatoms. The maximum Gasteiger partial charge on any atom is 0.307 e. The molecule has 1 saturated heterocycles. The number of rotatable bonds is 8. The summed E-state index contributed by atoms with van der Waals surface area (Å²) in [4.78, 5) is 24.1. The first-order valence-electron chi connectivity index (χ1n) is 9.63. The average Bonchev–Trinajstić information content (AvgIpc) is 2.78. The Balaban J connectivity index is 1.55. The highest BCUT2D eigenvalue weighted by Crippen LogP contribution is 2.43. The molecule has 0 radical (unpaired) electrons. The van der Waals surface area contributed by atoms with Crippen molar-refractivity contribution in [2.75, 3.05) is 25.2 Å². The van der Waals surface area contributed by atoms with E-state index in [1.165, 1.54) is 54.9 Å². The van der Waals surface area contributed by atoms with Crippen LogP contribution in [0.2, 0.25) is 0 Å². The highest BCUT2D eigenvalue weighted by molar-refractivity contribution is 8.16. The molecular weight excluding hydrogens is 425 g/mol. The van der Waals surface area contributed by atoms with E-state index in [4.69, 9.17) is 9.47 Å². The zero-order valence-electron chi connectivity index (χ0n) is 16.6. The number of nitrogens with one attached hydrogen (secondary N) is 1. The molecule has 1 heterocycles. The topological polar surface area (TPSA) is 64.6 Å². The summed E-state index contributed by atoms with van der Waals surface area (Å²) in [6.45, 7) is -0.189. The van der Waals surface area contributed by atoms with Crippen molar-refractivity contribution in [3.8, 4) is 5.75 Å². The zero-order valence-corrected chi connectivity index (χ0v) is 18.3. The predicted octanol–water partition coefficient (Wildman–Crippen LogP) is 4.49. The second-order valence-electron chi connectivity index (χ2n) is 6.74. The molecule has 0 aliphatic carbocycles. The fourth-order valence-electron chi connectivity index (χ4n) is 2.98. The van der Waals surface area contributed by atoms with Crippen molar-refractivity contribution in [1.29, 1.82) is 0 Å². The molecule has 0 saturated carbocycles. The van der Waals surface area contributed by atoms with Crippen LogP contribution in [-0.4, -0.2) is 37.1 Å². The number of ether oxygens (including phenoxy) is 2. The number of carbonyl (C=O) groups is 2. The zero-order chi connectivity index (χ0) is 21.3. The maximum atomic E-state index is 13.2. The largest absolute Gasteiger partial charge is 0.484 e. The number of hydrogen-bond donors (Lipinski definition) is 1. The Bertz CT molecular complexity index is 839. The van der Waals surface area contributed by atoms with Crippen LogP contribution in [0.3, 0.4) is 0 Å². The summed E-state index contributed by atoms with van der Waals surface area (Å²) < 4.78 is 23.9. The van der Waals surface area contributed by atoms with Gasteiger partial charge in [0.05, 0.1) is 24.2 Å². The minimum Gasteiger partial charge on any atom is -0.484 e. The Morgan fingerprint density at radius 3 is 2.40 bits per heavy atom. The van der Waals surface area contributed by atoms with Crippen LogP contribution >= 0.6 is 23.5 Å². The van der Waals surface area contributed by atoms with Crippen LogP contribution in [0.15, 0.2) is 48.5 Å². The van der Waals surface area contributed by atoms with E-state index < -0.39 is 17.8 Å². The molecule has 1 atom stereocenters.